The van der Waals surface area contributed by atoms with Crippen LogP contribution >= 0.6 is 0 Å². The SMILES string of the molecule is CC(=O)N1CCN(c2ccc(OC(=O)COc3ccc4ccccc4c3)cc2)CC1. The molecule has 0 aliphatic carbocycles. The van der Waals surface area contributed by atoms with Gasteiger partial charge in [0, 0.05) is 38.8 Å². The van der Waals surface area contributed by atoms with Crippen molar-refractivity contribution in [3.8, 4) is 11.5 Å². The number of anilines is 1. The lowest BCUT2D eigenvalue weighted by Gasteiger charge is -2.35. The quantitative estimate of drug-likeness (QED) is 0.481. The largest absolute Gasteiger partial charge is 0.482 e. The van der Waals surface area contributed by atoms with E-state index in [1.807, 2.05) is 59.5 Å². The molecule has 1 fully saturated rings. The van der Waals surface area contributed by atoms with Crippen LogP contribution in [0.2, 0.25) is 0 Å². The zero-order valence-electron chi connectivity index (χ0n) is 16.9. The van der Waals surface area contributed by atoms with E-state index in [-0.39, 0.29) is 12.5 Å². The third-order valence-electron chi connectivity index (χ3n) is 5.24. The predicted octanol–water partition coefficient (Wildman–Crippen LogP) is 3.49. The summed E-state index contributed by atoms with van der Waals surface area (Å²) in [4.78, 5) is 27.6. The highest BCUT2D eigenvalue weighted by atomic mass is 16.6. The molecule has 0 atom stereocenters. The molecule has 154 valence electrons. The fourth-order valence-corrected chi connectivity index (χ4v) is 3.56. The average molecular weight is 404 g/mol. The number of amides is 1. The summed E-state index contributed by atoms with van der Waals surface area (Å²) < 4.78 is 11.0. The standard InChI is InChI=1S/C24H24N2O4/c1-18(27)25-12-14-26(15-13-25)21-7-10-22(11-8-21)30-24(28)17-29-23-9-6-19-4-2-3-5-20(19)16-23/h2-11,16H,12-15,17H2,1H3. The molecule has 1 aliphatic rings. The lowest BCUT2D eigenvalue weighted by atomic mass is 10.1. The smallest absolute Gasteiger partial charge is 0.349 e. The van der Waals surface area contributed by atoms with E-state index in [9.17, 15) is 9.59 Å². The Morgan fingerprint density at radius 3 is 2.20 bits per heavy atom. The number of esters is 1. The Hall–Kier alpha value is -3.54. The number of carbonyl (C=O) groups is 2. The number of rotatable bonds is 5. The second-order valence-corrected chi connectivity index (χ2v) is 7.26. The van der Waals surface area contributed by atoms with Gasteiger partial charge in [0.05, 0.1) is 0 Å². The van der Waals surface area contributed by atoms with Gasteiger partial charge < -0.3 is 19.3 Å². The maximum absolute atomic E-state index is 12.1. The first-order chi connectivity index (χ1) is 14.6. The van der Waals surface area contributed by atoms with Crippen molar-refractivity contribution in [1.29, 1.82) is 0 Å². The first-order valence-corrected chi connectivity index (χ1v) is 10.0. The first-order valence-electron chi connectivity index (χ1n) is 10.0. The molecule has 3 aromatic rings. The highest BCUT2D eigenvalue weighted by Crippen LogP contribution is 2.22. The summed E-state index contributed by atoms with van der Waals surface area (Å²) in [6.45, 7) is 4.46. The van der Waals surface area contributed by atoms with Crippen LogP contribution in [-0.2, 0) is 9.59 Å². The summed E-state index contributed by atoms with van der Waals surface area (Å²) in [6, 6.07) is 21.1. The summed E-state index contributed by atoms with van der Waals surface area (Å²) in [6.07, 6.45) is 0. The number of ether oxygens (including phenoxy) is 2. The molecule has 0 radical (unpaired) electrons. The molecule has 0 unspecified atom stereocenters. The van der Waals surface area contributed by atoms with Crippen LogP contribution in [0.3, 0.4) is 0 Å². The number of hydrogen-bond donors (Lipinski definition) is 0. The molecule has 0 saturated carbocycles. The Kier molecular flexibility index (Phi) is 5.84. The Morgan fingerprint density at radius 1 is 0.833 bits per heavy atom. The van der Waals surface area contributed by atoms with Crippen LogP contribution in [0.15, 0.2) is 66.7 Å². The molecule has 3 aromatic carbocycles. The van der Waals surface area contributed by atoms with Crippen LogP contribution in [0.1, 0.15) is 6.92 Å². The number of carbonyl (C=O) groups excluding carboxylic acids is 2. The monoisotopic (exact) mass is 404 g/mol. The zero-order valence-corrected chi connectivity index (χ0v) is 16.9. The minimum absolute atomic E-state index is 0.114. The van der Waals surface area contributed by atoms with Crippen molar-refractivity contribution in [1.82, 2.24) is 4.90 Å². The van der Waals surface area contributed by atoms with Gasteiger partial charge in [0.2, 0.25) is 5.91 Å². The lowest BCUT2D eigenvalue weighted by molar-refractivity contribution is -0.136. The molecule has 4 rings (SSSR count). The van der Waals surface area contributed by atoms with Crippen LogP contribution in [0.5, 0.6) is 11.5 Å². The fourth-order valence-electron chi connectivity index (χ4n) is 3.56. The van der Waals surface area contributed by atoms with Gasteiger partial charge in [0.1, 0.15) is 11.5 Å². The number of hydrogen-bond acceptors (Lipinski definition) is 5. The van der Waals surface area contributed by atoms with E-state index in [1.165, 1.54) is 0 Å². The maximum Gasteiger partial charge on any atom is 0.349 e. The Labute approximate surface area is 175 Å². The number of piperazine rings is 1. The molecule has 30 heavy (non-hydrogen) atoms. The molecule has 0 bridgehead atoms. The number of fused-ring (bicyclic) bond motifs is 1. The van der Waals surface area contributed by atoms with Crippen LogP contribution in [0.4, 0.5) is 5.69 Å². The van der Waals surface area contributed by atoms with Crippen molar-refractivity contribution in [2.45, 2.75) is 6.92 Å². The van der Waals surface area contributed by atoms with Gasteiger partial charge in [0.15, 0.2) is 6.61 Å². The number of nitrogens with zero attached hydrogens (tertiary/aromatic N) is 2. The van der Waals surface area contributed by atoms with E-state index in [0.717, 1.165) is 42.6 Å². The second-order valence-electron chi connectivity index (χ2n) is 7.26. The minimum atomic E-state index is -0.453. The molecule has 6 heteroatoms. The van der Waals surface area contributed by atoms with Gasteiger partial charge in [-0.2, -0.15) is 0 Å². The maximum atomic E-state index is 12.1. The van der Waals surface area contributed by atoms with Crippen LogP contribution in [-0.4, -0.2) is 49.6 Å². The molecule has 1 aliphatic heterocycles. The average Bonchev–Trinajstić information content (AvgIpc) is 2.78. The van der Waals surface area contributed by atoms with Crippen LogP contribution < -0.4 is 14.4 Å². The Morgan fingerprint density at radius 2 is 1.50 bits per heavy atom. The zero-order chi connectivity index (χ0) is 20.9. The van der Waals surface area contributed by atoms with Crippen molar-refractivity contribution >= 4 is 28.3 Å². The van der Waals surface area contributed by atoms with Crippen molar-refractivity contribution in [3.05, 3.63) is 66.7 Å². The third kappa shape index (κ3) is 4.71. The summed E-state index contributed by atoms with van der Waals surface area (Å²) >= 11 is 0. The number of benzene rings is 3. The van der Waals surface area contributed by atoms with Gasteiger partial charge in [-0.25, -0.2) is 4.79 Å². The fraction of sp³-hybridized carbons (Fsp3) is 0.250. The van der Waals surface area contributed by atoms with Crippen molar-refractivity contribution < 1.29 is 19.1 Å². The highest BCUT2D eigenvalue weighted by Gasteiger charge is 2.18. The molecular weight excluding hydrogens is 380 g/mol. The topological polar surface area (TPSA) is 59.1 Å². The minimum Gasteiger partial charge on any atom is -0.482 e. The molecule has 0 aromatic heterocycles. The van der Waals surface area contributed by atoms with Crippen molar-refractivity contribution in [2.75, 3.05) is 37.7 Å². The van der Waals surface area contributed by atoms with E-state index in [0.29, 0.717) is 11.5 Å². The van der Waals surface area contributed by atoms with Crippen molar-refractivity contribution in [2.24, 2.45) is 0 Å². The summed E-state index contributed by atoms with van der Waals surface area (Å²) in [5.74, 6) is 0.771. The van der Waals surface area contributed by atoms with Gasteiger partial charge in [-0.05, 0) is 47.2 Å². The molecule has 6 nitrogen and oxygen atoms in total. The van der Waals surface area contributed by atoms with E-state index in [2.05, 4.69) is 4.90 Å². The van der Waals surface area contributed by atoms with Gasteiger partial charge in [-0.15, -0.1) is 0 Å². The summed E-state index contributed by atoms with van der Waals surface area (Å²) in [5, 5.41) is 2.18. The second kappa shape index (κ2) is 8.86. The van der Waals surface area contributed by atoms with Crippen molar-refractivity contribution in [3.63, 3.8) is 0 Å². The van der Waals surface area contributed by atoms with Crippen LogP contribution in [0, 0.1) is 0 Å². The summed E-state index contributed by atoms with van der Waals surface area (Å²) in [5.41, 5.74) is 1.05. The van der Waals surface area contributed by atoms with Crippen LogP contribution in [0.25, 0.3) is 10.8 Å². The van der Waals surface area contributed by atoms with Gasteiger partial charge in [-0.3, -0.25) is 4.79 Å². The van der Waals surface area contributed by atoms with E-state index < -0.39 is 5.97 Å². The molecule has 0 N–H and O–H groups in total. The third-order valence-corrected chi connectivity index (χ3v) is 5.24. The van der Waals surface area contributed by atoms with Gasteiger partial charge in [0.25, 0.3) is 0 Å². The summed E-state index contributed by atoms with van der Waals surface area (Å²) in [7, 11) is 0. The van der Waals surface area contributed by atoms with E-state index in [1.54, 1.807) is 19.1 Å². The van der Waals surface area contributed by atoms with Gasteiger partial charge >= 0.3 is 5.97 Å². The molecule has 1 heterocycles. The molecular formula is C24H24N2O4. The van der Waals surface area contributed by atoms with E-state index in [4.69, 9.17) is 9.47 Å². The van der Waals surface area contributed by atoms with E-state index >= 15 is 0 Å². The molecule has 1 amide bonds. The predicted molar refractivity (Wildman–Crippen MR) is 116 cm³/mol. The molecule has 1 saturated heterocycles. The Balaban J connectivity index is 1.28. The first kappa shape index (κ1) is 19.8. The highest BCUT2D eigenvalue weighted by molar-refractivity contribution is 5.84. The lowest BCUT2D eigenvalue weighted by Crippen LogP contribution is -2.48. The normalized spacial score (nSPS) is 13.9. The Bertz CT molecular complexity index is 1040. The van der Waals surface area contributed by atoms with Gasteiger partial charge in [-0.1, -0.05) is 30.3 Å². The molecule has 0 spiro atoms.